The number of allylic oxidation sites excluding steroid dienone is 1. The summed E-state index contributed by atoms with van der Waals surface area (Å²) in [6.07, 6.45) is 11.3. The maximum absolute atomic E-state index is 12.2. The highest BCUT2D eigenvalue weighted by atomic mass is 28.4. The first-order valence-corrected chi connectivity index (χ1v) is 17.1. The topological polar surface area (TPSA) is 48.0 Å². The highest BCUT2D eigenvalue weighted by molar-refractivity contribution is 6.74. The van der Waals surface area contributed by atoms with Gasteiger partial charge in [0.1, 0.15) is 6.10 Å². The van der Waals surface area contributed by atoms with Crippen LogP contribution in [0.4, 0.5) is 0 Å². The lowest BCUT2D eigenvalue weighted by molar-refractivity contribution is -0.172. The molecule has 2 heterocycles. The van der Waals surface area contributed by atoms with Crippen LogP contribution in [0.25, 0.3) is 0 Å². The van der Waals surface area contributed by atoms with E-state index in [-0.39, 0.29) is 45.8 Å². The number of carbonyl (C=O) groups excluding carboxylic acids is 1. The molecular weight excluding hydrogens is 466 g/mol. The van der Waals surface area contributed by atoms with Gasteiger partial charge in [0.25, 0.3) is 0 Å². The van der Waals surface area contributed by atoms with Gasteiger partial charge in [0.2, 0.25) is 0 Å². The number of rotatable bonds is 4. The van der Waals surface area contributed by atoms with E-state index in [4.69, 9.17) is 13.9 Å². The Morgan fingerprint density at radius 3 is 2.50 bits per heavy atom. The average molecular weight is 516 g/mol. The molecule has 0 aromatic carbocycles. The molecule has 2 aliphatic heterocycles. The monoisotopic (exact) mass is 515 g/mol. The van der Waals surface area contributed by atoms with Gasteiger partial charge in [-0.05, 0) is 76.3 Å². The summed E-state index contributed by atoms with van der Waals surface area (Å²) < 4.78 is 20.6. The molecule has 0 aromatic rings. The predicted octanol–water partition coefficient (Wildman–Crippen LogP) is 6.25. The molecule has 1 saturated heterocycles. The van der Waals surface area contributed by atoms with Crippen LogP contribution in [-0.2, 0) is 18.7 Å². The molecule has 6 heteroatoms. The molecule has 0 aromatic heterocycles. The van der Waals surface area contributed by atoms with E-state index >= 15 is 0 Å². The lowest BCUT2D eigenvalue weighted by Gasteiger charge is -2.57. The average Bonchev–Trinajstić information content (AvgIpc) is 3.24. The molecular formula is C30H49NO4Si. The van der Waals surface area contributed by atoms with Gasteiger partial charge < -0.3 is 18.8 Å². The standard InChI is InChI=1S/C30H49NO4Si/c1-19-23(31(7)8)18-29-15-16-30(35-29)21(17-22(29)26(19)33-20(2)32)13-14-28(6)24(30)11-12-25(28)34-36(9,10)27(3,4)5/h13,17,19,23-26H,11-12,14-16,18H2,1-10H3/t19-,23+,24-,25+,26+,28+,29-,30-/m1/s1. The summed E-state index contributed by atoms with van der Waals surface area (Å²) >= 11 is 0. The van der Waals surface area contributed by atoms with Gasteiger partial charge in [-0.3, -0.25) is 4.79 Å². The van der Waals surface area contributed by atoms with Gasteiger partial charge in [-0.1, -0.05) is 46.8 Å². The molecule has 5 rings (SSSR count). The summed E-state index contributed by atoms with van der Waals surface area (Å²) in [6.45, 7) is 18.0. The molecule has 5 nitrogen and oxygen atoms in total. The molecule has 3 aliphatic carbocycles. The van der Waals surface area contributed by atoms with Crippen LogP contribution in [0.15, 0.2) is 23.3 Å². The Hall–Kier alpha value is -0.953. The number of hydrogen-bond donors (Lipinski definition) is 0. The number of hydrogen-bond acceptors (Lipinski definition) is 5. The summed E-state index contributed by atoms with van der Waals surface area (Å²) in [7, 11) is 2.42. The van der Waals surface area contributed by atoms with Gasteiger partial charge in [0, 0.05) is 35.8 Å². The van der Waals surface area contributed by atoms with E-state index in [1.165, 1.54) is 18.1 Å². The van der Waals surface area contributed by atoms with E-state index in [1.807, 2.05) is 0 Å². The summed E-state index contributed by atoms with van der Waals surface area (Å²) in [5.74, 6) is 0.478. The van der Waals surface area contributed by atoms with E-state index < -0.39 is 8.32 Å². The quantitative estimate of drug-likeness (QED) is 0.327. The Morgan fingerprint density at radius 1 is 1.19 bits per heavy atom. The first kappa shape index (κ1) is 26.6. The van der Waals surface area contributed by atoms with Crippen molar-refractivity contribution in [1.82, 2.24) is 4.90 Å². The molecule has 2 saturated carbocycles. The number of esters is 1. The molecule has 8 atom stereocenters. The second kappa shape index (κ2) is 8.27. The van der Waals surface area contributed by atoms with Gasteiger partial charge >= 0.3 is 5.97 Å². The largest absolute Gasteiger partial charge is 0.458 e. The normalized spacial score (nSPS) is 43.9. The number of carbonyl (C=O) groups is 1. The summed E-state index contributed by atoms with van der Waals surface area (Å²) in [6, 6.07) is 0.306. The maximum Gasteiger partial charge on any atom is 0.303 e. The molecule has 36 heavy (non-hydrogen) atoms. The number of ether oxygens (including phenoxy) is 2. The first-order valence-electron chi connectivity index (χ1n) is 14.2. The summed E-state index contributed by atoms with van der Waals surface area (Å²) in [5, 5.41) is 0.206. The van der Waals surface area contributed by atoms with Crippen LogP contribution in [0.1, 0.15) is 80.1 Å². The molecule has 2 spiro atoms. The fraction of sp³-hybridized carbons (Fsp3) is 0.833. The molecule has 0 amide bonds. The smallest absolute Gasteiger partial charge is 0.303 e. The molecule has 2 bridgehead atoms. The van der Waals surface area contributed by atoms with E-state index in [9.17, 15) is 4.79 Å². The Balaban J connectivity index is 1.54. The van der Waals surface area contributed by atoms with Gasteiger partial charge in [0.05, 0.1) is 17.3 Å². The lowest BCUT2D eigenvalue weighted by Crippen LogP contribution is -2.60. The molecule has 3 fully saturated rings. The highest BCUT2D eigenvalue weighted by Crippen LogP contribution is 2.67. The van der Waals surface area contributed by atoms with Crippen molar-refractivity contribution in [1.29, 1.82) is 0 Å². The molecule has 202 valence electrons. The Labute approximate surface area is 220 Å². The van der Waals surface area contributed by atoms with Crippen LogP contribution in [-0.4, -0.2) is 62.7 Å². The van der Waals surface area contributed by atoms with Crippen molar-refractivity contribution in [3.8, 4) is 0 Å². The Morgan fingerprint density at radius 2 is 1.89 bits per heavy atom. The third-order valence-electron chi connectivity index (χ3n) is 11.3. The zero-order valence-electron chi connectivity index (χ0n) is 24.4. The fourth-order valence-corrected chi connectivity index (χ4v) is 9.71. The minimum Gasteiger partial charge on any atom is -0.458 e. The predicted molar refractivity (Wildman–Crippen MR) is 146 cm³/mol. The summed E-state index contributed by atoms with van der Waals surface area (Å²) in [4.78, 5) is 14.5. The van der Waals surface area contributed by atoms with Crippen LogP contribution >= 0.6 is 0 Å². The lowest BCUT2D eigenvalue weighted by atomic mass is 9.60. The van der Waals surface area contributed by atoms with E-state index in [1.54, 1.807) is 0 Å². The van der Waals surface area contributed by atoms with Crippen LogP contribution < -0.4 is 0 Å². The van der Waals surface area contributed by atoms with Gasteiger partial charge in [-0.25, -0.2) is 0 Å². The van der Waals surface area contributed by atoms with E-state index in [2.05, 4.69) is 78.9 Å². The zero-order valence-corrected chi connectivity index (χ0v) is 25.4. The summed E-state index contributed by atoms with van der Waals surface area (Å²) in [5.41, 5.74) is 2.07. The van der Waals surface area contributed by atoms with Crippen molar-refractivity contribution in [3.63, 3.8) is 0 Å². The minimum absolute atomic E-state index is 0.0914. The van der Waals surface area contributed by atoms with Crippen molar-refractivity contribution in [2.24, 2.45) is 17.3 Å². The van der Waals surface area contributed by atoms with Crippen LogP contribution in [0.5, 0.6) is 0 Å². The van der Waals surface area contributed by atoms with E-state index in [0.717, 1.165) is 38.5 Å². The Bertz CT molecular complexity index is 995. The van der Waals surface area contributed by atoms with Crippen molar-refractivity contribution in [2.75, 3.05) is 14.1 Å². The van der Waals surface area contributed by atoms with Crippen molar-refractivity contribution >= 4 is 14.3 Å². The van der Waals surface area contributed by atoms with Gasteiger partial charge in [-0.15, -0.1) is 0 Å². The molecule has 0 unspecified atom stereocenters. The van der Waals surface area contributed by atoms with E-state index in [0.29, 0.717) is 12.0 Å². The highest BCUT2D eigenvalue weighted by Gasteiger charge is 2.69. The van der Waals surface area contributed by atoms with Crippen LogP contribution in [0, 0.1) is 17.3 Å². The minimum atomic E-state index is -1.87. The second-order valence-electron chi connectivity index (χ2n) is 14.6. The molecule has 5 aliphatic rings. The van der Waals surface area contributed by atoms with Gasteiger partial charge in [-0.2, -0.15) is 0 Å². The molecule has 0 radical (unpaired) electrons. The van der Waals surface area contributed by atoms with Crippen molar-refractivity contribution < 1.29 is 18.7 Å². The third kappa shape index (κ3) is 3.68. The SMILES string of the molecule is CC(=O)O[C@@H]1C2=CC3=CC[C@]4(C)[C@@H](O[Si](C)(C)C(C)(C)C)CC[C@H]4[C@@]34CC[C@]2(C[C@H](N(C)C)[C@H]1C)O4. The number of fused-ring (bicyclic) bond motifs is 1. The maximum atomic E-state index is 12.2. The second-order valence-corrected chi connectivity index (χ2v) is 19.3. The van der Waals surface area contributed by atoms with Crippen molar-refractivity contribution in [2.45, 2.75) is 128 Å². The van der Waals surface area contributed by atoms with Crippen molar-refractivity contribution in [3.05, 3.63) is 23.3 Å². The first-order chi connectivity index (χ1) is 16.6. The number of nitrogens with zero attached hydrogens (tertiary/aromatic N) is 1. The third-order valence-corrected chi connectivity index (χ3v) is 15.8. The fourth-order valence-electron chi connectivity index (χ4n) is 8.26. The molecule has 0 N–H and O–H groups in total. The van der Waals surface area contributed by atoms with Gasteiger partial charge in [0.15, 0.2) is 8.32 Å². The van der Waals surface area contributed by atoms with Crippen LogP contribution in [0.2, 0.25) is 18.1 Å². The van der Waals surface area contributed by atoms with Crippen LogP contribution in [0.3, 0.4) is 0 Å². The Kier molecular flexibility index (Phi) is 6.12. The zero-order chi connectivity index (χ0) is 26.5.